The molecule has 0 saturated heterocycles. The third-order valence-corrected chi connectivity index (χ3v) is 5.12. The van der Waals surface area contributed by atoms with Crippen molar-refractivity contribution >= 4 is 34.2 Å². The van der Waals surface area contributed by atoms with Crippen LogP contribution in [0.1, 0.15) is 31.4 Å². The van der Waals surface area contributed by atoms with Crippen molar-refractivity contribution in [1.29, 1.82) is 0 Å². The van der Waals surface area contributed by atoms with Crippen LogP contribution in [0.2, 0.25) is 0 Å². The van der Waals surface area contributed by atoms with E-state index in [1.807, 2.05) is 39.0 Å². The number of anilines is 1. The number of nitrogens with zero attached hydrogens (tertiary/aromatic N) is 3. The highest BCUT2D eigenvalue weighted by Gasteiger charge is 2.17. The summed E-state index contributed by atoms with van der Waals surface area (Å²) < 4.78 is 6.59. The van der Waals surface area contributed by atoms with Crippen molar-refractivity contribution in [2.45, 2.75) is 46.7 Å². The van der Waals surface area contributed by atoms with Gasteiger partial charge in [-0.15, -0.1) is 0 Å². The highest BCUT2D eigenvalue weighted by atomic mass is 32.1. The van der Waals surface area contributed by atoms with Crippen molar-refractivity contribution in [3.63, 3.8) is 0 Å². The van der Waals surface area contributed by atoms with Gasteiger partial charge in [-0.2, -0.15) is 4.37 Å². The SMILES string of the molecule is CCCn1c(=O)c2nscc2n(CC(=O)Nc2c(C)cccc2CC)c1=O. The van der Waals surface area contributed by atoms with Crippen molar-refractivity contribution in [3.8, 4) is 0 Å². The molecule has 7 nitrogen and oxygen atoms in total. The van der Waals surface area contributed by atoms with Crippen molar-refractivity contribution in [2.75, 3.05) is 5.32 Å². The van der Waals surface area contributed by atoms with Crippen LogP contribution in [0.5, 0.6) is 0 Å². The normalized spacial score (nSPS) is 11.1. The van der Waals surface area contributed by atoms with E-state index in [2.05, 4.69) is 9.69 Å². The summed E-state index contributed by atoms with van der Waals surface area (Å²) >= 11 is 1.10. The van der Waals surface area contributed by atoms with Crippen LogP contribution in [-0.4, -0.2) is 19.4 Å². The van der Waals surface area contributed by atoms with Crippen LogP contribution in [-0.2, 0) is 24.3 Å². The maximum Gasteiger partial charge on any atom is 0.332 e. The van der Waals surface area contributed by atoms with E-state index in [1.54, 1.807) is 5.38 Å². The molecule has 1 aromatic carbocycles. The highest BCUT2D eigenvalue weighted by Crippen LogP contribution is 2.21. The number of aromatic nitrogens is 3. The van der Waals surface area contributed by atoms with Gasteiger partial charge in [0.25, 0.3) is 5.56 Å². The lowest BCUT2D eigenvalue weighted by Gasteiger charge is -2.15. The predicted octanol–water partition coefficient (Wildman–Crippen LogP) is 2.54. The Morgan fingerprint density at radius 3 is 2.70 bits per heavy atom. The molecule has 2 aromatic heterocycles. The zero-order chi connectivity index (χ0) is 19.6. The number of benzene rings is 1. The number of nitrogens with one attached hydrogen (secondary N) is 1. The zero-order valence-corrected chi connectivity index (χ0v) is 16.4. The van der Waals surface area contributed by atoms with Gasteiger partial charge in [0, 0.05) is 17.6 Å². The topological polar surface area (TPSA) is 86.0 Å². The molecule has 3 rings (SSSR count). The first-order chi connectivity index (χ1) is 13.0. The Balaban J connectivity index is 2.00. The van der Waals surface area contributed by atoms with Gasteiger partial charge in [-0.1, -0.05) is 32.0 Å². The number of hydrogen-bond acceptors (Lipinski definition) is 5. The van der Waals surface area contributed by atoms with Crippen molar-refractivity contribution in [2.24, 2.45) is 0 Å². The number of rotatable bonds is 6. The molecule has 142 valence electrons. The number of para-hydroxylation sites is 1. The molecule has 2 heterocycles. The second-order valence-electron chi connectivity index (χ2n) is 6.38. The second-order valence-corrected chi connectivity index (χ2v) is 7.01. The molecule has 0 fully saturated rings. The molecule has 0 aliphatic carbocycles. The Bertz CT molecular complexity index is 1110. The summed E-state index contributed by atoms with van der Waals surface area (Å²) in [5.41, 5.74) is 2.53. The van der Waals surface area contributed by atoms with Gasteiger partial charge < -0.3 is 5.32 Å². The van der Waals surface area contributed by atoms with E-state index in [0.717, 1.165) is 39.3 Å². The van der Waals surface area contributed by atoms with E-state index >= 15 is 0 Å². The largest absolute Gasteiger partial charge is 0.332 e. The van der Waals surface area contributed by atoms with Crippen LogP contribution in [0.3, 0.4) is 0 Å². The third kappa shape index (κ3) is 3.57. The molecule has 3 aromatic rings. The summed E-state index contributed by atoms with van der Waals surface area (Å²) in [6, 6.07) is 5.86. The smallest absolute Gasteiger partial charge is 0.324 e. The van der Waals surface area contributed by atoms with Crippen LogP contribution in [0.15, 0.2) is 33.2 Å². The van der Waals surface area contributed by atoms with Gasteiger partial charge in [-0.05, 0) is 42.4 Å². The van der Waals surface area contributed by atoms with E-state index in [0.29, 0.717) is 18.5 Å². The molecular weight excluding hydrogens is 364 g/mol. The van der Waals surface area contributed by atoms with E-state index in [-0.39, 0.29) is 18.0 Å². The molecule has 0 aliphatic heterocycles. The summed E-state index contributed by atoms with van der Waals surface area (Å²) in [5.74, 6) is -0.310. The van der Waals surface area contributed by atoms with Gasteiger partial charge in [-0.25, -0.2) is 4.79 Å². The summed E-state index contributed by atoms with van der Waals surface area (Å²) in [6.45, 7) is 5.97. The van der Waals surface area contributed by atoms with Crippen LogP contribution >= 0.6 is 11.5 Å². The molecule has 8 heteroatoms. The molecule has 0 spiro atoms. The van der Waals surface area contributed by atoms with Crippen LogP contribution in [0.4, 0.5) is 5.69 Å². The number of carbonyl (C=O) groups is 1. The molecular formula is C19H22N4O3S. The monoisotopic (exact) mass is 386 g/mol. The number of aryl methyl sites for hydroxylation is 2. The summed E-state index contributed by atoms with van der Waals surface area (Å²) in [5, 5.41) is 4.56. The maximum absolute atomic E-state index is 12.8. The molecule has 0 aliphatic rings. The minimum absolute atomic E-state index is 0.171. The highest BCUT2D eigenvalue weighted by molar-refractivity contribution is 7.04. The lowest BCUT2D eigenvalue weighted by molar-refractivity contribution is -0.116. The second kappa shape index (κ2) is 7.87. The van der Waals surface area contributed by atoms with Crippen molar-refractivity contribution in [3.05, 3.63) is 55.5 Å². The zero-order valence-electron chi connectivity index (χ0n) is 15.6. The molecule has 0 atom stereocenters. The van der Waals surface area contributed by atoms with Gasteiger partial charge >= 0.3 is 5.69 Å². The Labute approximate surface area is 160 Å². The quantitative estimate of drug-likeness (QED) is 0.705. The van der Waals surface area contributed by atoms with E-state index in [4.69, 9.17) is 0 Å². The molecule has 0 radical (unpaired) electrons. The fraction of sp³-hybridized carbons (Fsp3) is 0.368. The van der Waals surface area contributed by atoms with Crippen molar-refractivity contribution in [1.82, 2.24) is 13.5 Å². The minimum atomic E-state index is -0.481. The Kier molecular flexibility index (Phi) is 5.55. The number of amides is 1. The first-order valence-electron chi connectivity index (χ1n) is 8.94. The average Bonchev–Trinajstić information content (AvgIpc) is 3.14. The summed E-state index contributed by atoms with van der Waals surface area (Å²) in [6.07, 6.45) is 1.43. The minimum Gasteiger partial charge on any atom is -0.324 e. The fourth-order valence-corrected chi connectivity index (χ4v) is 3.80. The number of carbonyl (C=O) groups excluding carboxylic acids is 1. The van der Waals surface area contributed by atoms with Crippen LogP contribution in [0.25, 0.3) is 11.0 Å². The van der Waals surface area contributed by atoms with E-state index in [1.165, 1.54) is 4.57 Å². The van der Waals surface area contributed by atoms with E-state index < -0.39 is 11.2 Å². The molecule has 0 unspecified atom stereocenters. The van der Waals surface area contributed by atoms with Gasteiger partial charge in [0.2, 0.25) is 5.91 Å². The standard InChI is InChI=1S/C19H22N4O3S/c1-4-9-22-18(25)17-14(11-27-21-17)23(19(22)26)10-15(24)20-16-12(3)7-6-8-13(16)5-2/h6-8,11H,4-5,9-10H2,1-3H3,(H,20,24). The van der Waals surface area contributed by atoms with Crippen molar-refractivity contribution < 1.29 is 4.79 Å². The Morgan fingerprint density at radius 1 is 1.22 bits per heavy atom. The van der Waals surface area contributed by atoms with Gasteiger partial charge in [0.05, 0.1) is 5.52 Å². The molecule has 0 bridgehead atoms. The summed E-state index contributed by atoms with van der Waals surface area (Å²) in [4.78, 5) is 37.9. The molecule has 27 heavy (non-hydrogen) atoms. The maximum atomic E-state index is 12.8. The van der Waals surface area contributed by atoms with Gasteiger partial charge in [0.1, 0.15) is 6.54 Å². The third-order valence-electron chi connectivity index (χ3n) is 4.50. The predicted molar refractivity (Wildman–Crippen MR) is 108 cm³/mol. The first-order valence-corrected chi connectivity index (χ1v) is 9.77. The Morgan fingerprint density at radius 2 is 2.00 bits per heavy atom. The Hall–Kier alpha value is -2.74. The average molecular weight is 386 g/mol. The lowest BCUT2D eigenvalue weighted by Crippen LogP contribution is -2.41. The molecule has 1 N–H and O–H groups in total. The fourth-order valence-electron chi connectivity index (χ4n) is 3.13. The first kappa shape index (κ1) is 19.0. The summed E-state index contributed by atoms with van der Waals surface area (Å²) in [7, 11) is 0. The van der Waals surface area contributed by atoms with Crippen LogP contribution in [0, 0.1) is 6.92 Å². The van der Waals surface area contributed by atoms with Gasteiger partial charge in [-0.3, -0.25) is 18.7 Å². The molecule has 1 amide bonds. The van der Waals surface area contributed by atoms with Gasteiger partial charge in [0.15, 0.2) is 5.52 Å². The number of hydrogen-bond donors (Lipinski definition) is 1. The number of fused-ring (bicyclic) bond motifs is 1. The van der Waals surface area contributed by atoms with E-state index in [9.17, 15) is 14.4 Å². The lowest BCUT2D eigenvalue weighted by atomic mass is 10.1. The van der Waals surface area contributed by atoms with Crippen LogP contribution < -0.4 is 16.6 Å². The molecule has 0 saturated carbocycles.